The number of nitrogens with two attached hydrogens (primary N) is 1. The first-order valence-electron chi connectivity index (χ1n) is 7.95. The molecule has 0 bridgehead atoms. The zero-order valence-corrected chi connectivity index (χ0v) is 14.8. The number of ether oxygens (including phenoxy) is 1. The van der Waals surface area contributed by atoms with Crippen molar-refractivity contribution in [2.75, 3.05) is 12.8 Å². The van der Waals surface area contributed by atoms with E-state index in [0.717, 1.165) is 16.8 Å². The molecule has 24 heavy (non-hydrogen) atoms. The highest BCUT2D eigenvalue weighted by Crippen LogP contribution is 2.34. The molecule has 0 radical (unpaired) electrons. The fourth-order valence-electron chi connectivity index (χ4n) is 2.88. The third-order valence-corrected chi connectivity index (χ3v) is 4.13. The van der Waals surface area contributed by atoms with Crippen LogP contribution in [0.3, 0.4) is 0 Å². The predicted molar refractivity (Wildman–Crippen MR) is 94.4 cm³/mol. The van der Waals surface area contributed by atoms with Gasteiger partial charge >= 0.3 is 5.97 Å². The summed E-state index contributed by atoms with van der Waals surface area (Å²) in [6, 6.07) is 8.14. The molecule has 0 spiro atoms. The number of aromatic nitrogens is 1. The first-order chi connectivity index (χ1) is 11.3. The second-order valence-electron chi connectivity index (χ2n) is 6.37. The second-order valence-corrected chi connectivity index (χ2v) is 6.37. The number of carbonyl (C=O) groups is 1. The molecule has 1 aromatic heterocycles. The average Bonchev–Trinajstić information content (AvgIpc) is 2.89. The Hall–Kier alpha value is -2.74. The number of para-hydroxylation sites is 1. The molecular formula is C19H23N3O2. The van der Waals surface area contributed by atoms with Crippen molar-refractivity contribution in [3.63, 3.8) is 0 Å². The van der Waals surface area contributed by atoms with Crippen molar-refractivity contribution in [1.82, 2.24) is 4.57 Å². The Morgan fingerprint density at radius 1 is 1.21 bits per heavy atom. The molecule has 126 valence electrons. The number of methoxy groups -OCH3 is 1. The molecule has 0 saturated carbocycles. The van der Waals surface area contributed by atoms with E-state index in [1.54, 1.807) is 10.8 Å². The van der Waals surface area contributed by atoms with Crippen LogP contribution < -0.4 is 5.73 Å². The first kappa shape index (κ1) is 17.6. The van der Waals surface area contributed by atoms with Crippen LogP contribution in [0.5, 0.6) is 0 Å². The molecule has 5 nitrogen and oxygen atoms in total. The topological polar surface area (TPSA) is 81.0 Å². The van der Waals surface area contributed by atoms with E-state index in [0.29, 0.717) is 0 Å². The Balaban J connectivity index is 2.91. The molecule has 0 aliphatic heterocycles. The van der Waals surface area contributed by atoms with Gasteiger partial charge in [0.25, 0.3) is 0 Å². The quantitative estimate of drug-likeness (QED) is 0.863. The van der Waals surface area contributed by atoms with Gasteiger partial charge in [0.15, 0.2) is 5.69 Å². The summed E-state index contributed by atoms with van der Waals surface area (Å²) < 4.78 is 6.60. The maximum Gasteiger partial charge on any atom is 0.357 e. The lowest BCUT2D eigenvalue weighted by Crippen LogP contribution is -2.14. The lowest BCUT2D eigenvalue weighted by atomic mass is 9.92. The second kappa shape index (κ2) is 6.79. The van der Waals surface area contributed by atoms with Crippen LogP contribution in [0.2, 0.25) is 0 Å². The van der Waals surface area contributed by atoms with E-state index in [4.69, 9.17) is 10.5 Å². The van der Waals surface area contributed by atoms with Crippen LogP contribution in [-0.4, -0.2) is 17.6 Å². The Morgan fingerprint density at radius 2 is 1.75 bits per heavy atom. The minimum absolute atomic E-state index is 0.151. The van der Waals surface area contributed by atoms with E-state index >= 15 is 0 Å². The van der Waals surface area contributed by atoms with E-state index in [1.165, 1.54) is 7.11 Å². The number of benzene rings is 1. The van der Waals surface area contributed by atoms with Crippen LogP contribution in [0.15, 0.2) is 24.4 Å². The summed E-state index contributed by atoms with van der Waals surface area (Å²) in [7, 11) is 1.31. The average molecular weight is 325 g/mol. The fraction of sp³-hybridized carbons (Fsp3) is 0.368. The monoisotopic (exact) mass is 325 g/mol. The molecule has 5 heteroatoms. The molecule has 0 aliphatic carbocycles. The molecule has 0 saturated heterocycles. The van der Waals surface area contributed by atoms with E-state index < -0.39 is 5.97 Å². The maximum absolute atomic E-state index is 12.3. The van der Waals surface area contributed by atoms with Gasteiger partial charge in [0, 0.05) is 6.20 Å². The van der Waals surface area contributed by atoms with Gasteiger partial charge in [0.1, 0.15) is 6.07 Å². The van der Waals surface area contributed by atoms with Crippen molar-refractivity contribution in [3.8, 4) is 11.8 Å². The maximum atomic E-state index is 12.3. The molecule has 2 aromatic rings. The smallest absolute Gasteiger partial charge is 0.357 e. The van der Waals surface area contributed by atoms with E-state index in [9.17, 15) is 10.1 Å². The molecule has 1 heterocycles. The summed E-state index contributed by atoms with van der Waals surface area (Å²) in [4.78, 5) is 12.3. The Morgan fingerprint density at radius 3 is 2.17 bits per heavy atom. The van der Waals surface area contributed by atoms with Crippen LogP contribution in [0.4, 0.5) is 5.69 Å². The van der Waals surface area contributed by atoms with Gasteiger partial charge in [-0.2, -0.15) is 5.26 Å². The number of nitriles is 1. The highest BCUT2D eigenvalue weighted by atomic mass is 16.5. The molecule has 0 unspecified atom stereocenters. The number of hydrogen-bond acceptors (Lipinski definition) is 4. The zero-order chi connectivity index (χ0) is 18.0. The van der Waals surface area contributed by atoms with Gasteiger partial charge in [-0.3, -0.25) is 0 Å². The normalized spacial score (nSPS) is 10.9. The van der Waals surface area contributed by atoms with Crippen molar-refractivity contribution in [1.29, 1.82) is 5.26 Å². The minimum atomic E-state index is -0.553. The summed E-state index contributed by atoms with van der Waals surface area (Å²) in [5.41, 5.74) is 9.73. The predicted octanol–water partition coefficient (Wildman–Crippen LogP) is 3.96. The van der Waals surface area contributed by atoms with Crippen molar-refractivity contribution in [3.05, 3.63) is 46.8 Å². The molecule has 0 fully saturated rings. The van der Waals surface area contributed by atoms with Gasteiger partial charge in [-0.25, -0.2) is 4.79 Å². The van der Waals surface area contributed by atoms with Crippen LogP contribution in [0, 0.1) is 11.3 Å². The molecule has 0 amide bonds. The summed E-state index contributed by atoms with van der Waals surface area (Å²) in [5, 5.41) is 9.32. The van der Waals surface area contributed by atoms with Crippen LogP contribution >= 0.6 is 0 Å². The standard InChI is InChI=1S/C19H23N3O2/c1-11(2)14-7-6-8-15(12(3)4)17(14)22-10-13(9-20)16(21)18(22)19(23)24-5/h6-8,10-12H,21H2,1-5H3. The third kappa shape index (κ3) is 2.88. The molecule has 0 aliphatic rings. The van der Waals surface area contributed by atoms with Crippen LogP contribution in [-0.2, 0) is 4.74 Å². The SMILES string of the molecule is COC(=O)c1c(N)c(C#N)cn1-c1c(C(C)C)cccc1C(C)C. The lowest BCUT2D eigenvalue weighted by molar-refractivity contribution is 0.0593. The fourth-order valence-corrected chi connectivity index (χ4v) is 2.88. The number of rotatable bonds is 4. The summed E-state index contributed by atoms with van der Waals surface area (Å²) in [6.07, 6.45) is 1.62. The molecule has 2 rings (SSSR count). The zero-order valence-electron chi connectivity index (χ0n) is 14.8. The molecule has 1 aromatic carbocycles. The van der Waals surface area contributed by atoms with Crippen molar-refractivity contribution < 1.29 is 9.53 Å². The summed E-state index contributed by atoms with van der Waals surface area (Å²) >= 11 is 0. The third-order valence-electron chi connectivity index (χ3n) is 4.13. The van der Waals surface area contributed by atoms with Gasteiger partial charge in [-0.05, 0) is 23.0 Å². The number of nitrogen functional groups attached to an aromatic ring is 1. The van der Waals surface area contributed by atoms with Crippen molar-refractivity contribution >= 4 is 11.7 Å². The van der Waals surface area contributed by atoms with Gasteiger partial charge in [-0.15, -0.1) is 0 Å². The van der Waals surface area contributed by atoms with Gasteiger partial charge in [0.05, 0.1) is 24.0 Å². The number of anilines is 1. The lowest BCUT2D eigenvalue weighted by Gasteiger charge is -2.21. The van der Waals surface area contributed by atoms with Crippen LogP contribution in [0.25, 0.3) is 5.69 Å². The molecular weight excluding hydrogens is 302 g/mol. The Kier molecular flexibility index (Phi) is 4.99. The first-order valence-corrected chi connectivity index (χ1v) is 7.95. The highest BCUT2D eigenvalue weighted by Gasteiger charge is 2.25. The summed E-state index contributed by atoms with van der Waals surface area (Å²) in [6.45, 7) is 8.38. The Labute approximate surface area is 142 Å². The van der Waals surface area contributed by atoms with Gasteiger partial charge in [-0.1, -0.05) is 45.9 Å². The minimum Gasteiger partial charge on any atom is -0.464 e. The Bertz CT molecular complexity index is 784. The molecule has 0 atom stereocenters. The van der Waals surface area contributed by atoms with Gasteiger partial charge < -0.3 is 15.0 Å². The van der Waals surface area contributed by atoms with E-state index in [2.05, 4.69) is 27.7 Å². The number of nitrogens with zero attached hydrogens (tertiary/aromatic N) is 2. The van der Waals surface area contributed by atoms with Gasteiger partial charge in [0.2, 0.25) is 0 Å². The van der Waals surface area contributed by atoms with Crippen molar-refractivity contribution in [2.45, 2.75) is 39.5 Å². The van der Waals surface area contributed by atoms with E-state index in [1.807, 2.05) is 24.3 Å². The van der Waals surface area contributed by atoms with Crippen LogP contribution in [0.1, 0.15) is 66.7 Å². The number of carbonyl (C=O) groups excluding carboxylic acids is 1. The highest BCUT2D eigenvalue weighted by molar-refractivity contribution is 5.96. The number of hydrogen-bond donors (Lipinski definition) is 1. The summed E-state index contributed by atoms with van der Waals surface area (Å²) in [5.74, 6) is -0.0565. The molecule has 2 N–H and O–H groups in total. The number of esters is 1. The van der Waals surface area contributed by atoms with Crippen molar-refractivity contribution in [2.24, 2.45) is 0 Å². The largest absolute Gasteiger partial charge is 0.464 e. The van der Waals surface area contributed by atoms with E-state index in [-0.39, 0.29) is 28.8 Å².